The molecule has 2 saturated carbocycles. The first-order chi connectivity index (χ1) is 9.09. The van der Waals surface area contributed by atoms with Crippen LogP contribution in [0.2, 0.25) is 0 Å². The number of carbonyl (C=O) groups excluding carboxylic acids is 1. The van der Waals surface area contributed by atoms with Crippen LogP contribution in [-0.4, -0.2) is 31.7 Å². The molecule has 2 fully saturated rings. The molecule has 2 bridgehead atoms. The van der Waals surface area contributed by atoms with Crippen molar-refractivity contribution in [1.29, 1.82) is 0 Å². The monoisotopic (exact) mass is 268 g/mol. The molecule has 0 saturated heterocycles. The normalized spacial score (nSPS) is 33.1. The smallest absolute Gasteiger partial charge is 0.225 e. The molecule has 4 nitrogen and oxygen atoms in total. The van der Waals surface area contributed by atoms with Crippen molar-refractivity contribution in [3.8, 4) is 0 Å². The fourth-order valence-corrected chi connectivity index (χ4v) is 3.51. The second-order valence-corrected chi connectivity index (χ2v) is 6.52. The van der Waals surface area contributed by atoms with Gasteiger partial charge < -0.3 is 15.8 Å². The molecule has 2 aliphatic carbocycles. The average molecular weight is 268 g/mol. The van der Waals surface area contributed by atoms with Gasteiger partial charge in [-0.3, -0.25) is 4.79 Å². The molecule has 2 rings (SSSR count). The molecule has 0 aromatic heterocycles. The highest BCUT2D eigenvalue weighted by molar-refractivity contribution is 5.80. The molecule has 3 N–H and O–H groups in total. The summed E-state index contributed by atoms with van der Waals surface area (Å²) >= 11 is 0. The third-order valence-electron chi connectivity index (χ3n) is 4.67. The number of ether oxygens (including phenoxy) is 1. The van der Waals surface area contributed by atoms with E-state index < -0.39 is 0 Å². The zero-order valence-corrected chi connectivity index (χ0v) is 12.2. The third-order valence-corrected chi connectivity index (χ3v) is 4.67. The Bertz CT molecular complexity index is 305. The van der Waals surface area contributed by atoms with Gasteiger partial charge in [0.05, 0.1) is 12.5 Å². The maximum absolute atomic E-state index is 12.1. The Morgan fingerprint density at radius 2 is 2.05 bits per heavy atom. The summed E-state index contributed by atoms with van der Waals surface area (Å²) in [4.78, 5) is 12.1. The summed E-state index contributed by atoms with van der Waals surface area (Å²) in [7, 11) is 0. The van der Waals surface area contributed by atoms with E-state index in [9.17, 15) is 4.79 Å². The van der Waals surface area contributed by atoms with Crippen LogP contribution in [0.25, 0.3) is 0 Å². The van der Waals surface area contributed by atoms with E-state index in [1.807, 2.05) is 0 Å². The minimum atomic E-state index is 0.0504. The first kappa shape index (κ1) is 14.8. The predicted octanol–water partition coefficient (Wildman–Crippen LogP) is 1.54. The maximum atomic E-state index is 12.1. The van der Waals surface area contributed by atoms with E-state index in [2.05, 4.69) is 19.2 Å². The lowest BCUT2D eigenvalue weighted by molar-refractivity contribution is -0.127. The molecule has 0 radical (unpaired) electrons. The number of hydrogen-bond acceptors (Lipinski definition) is 3. The minimum absolute atomic E-state index is 0.0504. The van der Waals surface area contributed by atoms with Crippen LogP contribution in [0.3, 0.4) is 0 Å². The van der Waals surface area contributed by atoms with Crippen molar-refractivity contribution in [3.05, 3.63) is 0 Å². The molecule has 0 aromatic rings. The van der Waals surface area contributed by atoms with Gasteiger partial charge in [-0.1, -0.05) is 13.8 Å². The first-order valence-electron chi connectivity index (χ1n) is 7.70. The van der Waals surface area contributed by atoms with Gasteiger partial charge in [0.15, 0.2) is 0 Å². The lowest BCUT2D eigenvalue weighted by atomic mass is 9.84. The largest absolute Gasteiger partial charge is 0.380 e. The van der Waals surface area contributed by atoms with E-state index in [1.165, 1.54) is 12.8 Å². The van der Waals surface area contributed by atoms with Gasteiger partial charge in [0.1, 0.15) is 0 Å². The molecular formula is C15H28N2O2. The predicted molar refractivity (Wildman–Crippen MR) is 75.6 cm³/mol. The second kappa shape index (κ2) is 6.71. The lowest BCUT2D eigenvalue weighted by Crippen LogP contribution is -2.45. The van der Waals surface area contributed by atoms with Crippen molar-refractivity contribution >= 4 is 5.91 Å². The Morgan fingerprint density at radius 1 is 1.32 bits per heavy atom. The Morgan fingerprint density at radius 3 is 2.68 bits per heavy atom. The number of carbonyl (C=O) groups is 1. The number of fused-ring (bicyclic) bond motifs is 2. The fraction of sp³-hybridized carbons (Fsp3) is 0.933. The Balaban J connectivity index is 1.60. The van der Waals surface area contributed by atoms with Gasteiger partial charge in [0.25, 0.3) is 0 Å². The SMILES string of the molecule is CC(C)CCOCCNC(=O)C1C2CCC(C2)C1N. The quantitative estimate of drug-likeness (QED) is 0.688. The standard InChI is InChI=1S/C15H28N2O2/c1-10(2)5-7-19-8-6-17-15(18)13-11-3-4-12(9-11)14(13)16/h10-14H,3-9,16H2,1-2H3,(H,17,18). The van der Waals surface area contributed by atoms with Crippen LogP contribution in [-0.2, 0) is 9.53 Å². The van der Waals surface area contributed by atoms with Gasteiger partial charge in [-0.25, -0.2) is 0 Å². The number of amides is 1. The highest BCUT2D eigenvalue weighted by Crippen LogP contribution is 2.47. The van der Waals surface area contributed by atoms with Gasteiger partial charge in [0.2, 0.25) is 5.91 Å². The zero-order valence-electron chi connectivity index (χ0n) is 12.2. The van der Waals surface area contributed by atoms with E-state index in [4.69, 9.17) is 10.5 Å². The number of nitrogens with two attached hydrogens (primary N) is 1. The summed E-state index contributed by atoms with van der Waals surface area (Å²) in [6.45, 7) is 6.36. The molecule has 0 aromatic carbocycles. The van der Waals surface area contributed by atoms with E-state index in [0.717, 1.165) is 19.4 Å². The minimum Gasteiger partial charge on any atom is -0.380 e. The third kappa shape index (κ3) is 3.69. The molecule has 4 unspecified atom stereocenters. The van der Waals surface area contributed by atoms with E-state index in [-0.39, 0.29) is 17.9 Å². The summed E-state index contributed by atoms with van der Waals surface area (Å²) in [5.41, 5.74) is 6.16. The number of hydrogen-bond donors (Lipinski definition) is 2. The van der Waals surface area contributed by atoms with Crippen LogP contribution in [0.5, 0.6) is 0 Å². The molecule has 1 amide bonds. The summed E-state index contributed by atoms with van der Waals surface area (Å²) < 4.78 is 5.50. The average Bonchev–Trinajstić information content (AvgIpc) is 2.93. The highest BCUT2D eigenvalue weighted by atomic mass is 16.5. The first-order valence-corrected chi connectivity index (χ1v) is 7.70. The summed E-state index contributed by atoms with van der Waals surface area (Å²) in [5.74, 6) is 1.98. The molecule has 110 valence electrons. The van der Waals surface area contributed by atoms with Gasteiger partial charge in [-0.15, -0.1) is 0 Å². The van der Waals surface area contributed by atoms with Crippen molar-refractivity contribution in [1.82, 2.24) is 5.32 Å². The van der Waals surface area contributed by atoms with Crippen LogP contribution >= 0.6 is 0 Å². The lowest BCUT2D eigenvalue weighted by Gasteiger charge is -2.27. The molecule has 4 heteroatoms. The van der Waals surface area contributed by atoms with Gasteiger partial charge >= 0.3 is 0 Å². The second-order valence-electron chi connectivity index (χ2n) is 6.52. The van der Waals surface area contributed by atoms with Crippen molar-refractivity contribution in [3.63, 3.8) is 0 Å². The molecule has 0 aliphatic heterocycles. The maximum Gasteiger partial charge on any atom is 0.225 e. The van der Waals surface area contributed by atoms with E-state index in [1.54, 1.807) is 0 Å². The van der Waals surface area contributed by atoms with Crippen LogP contribution in [0.15, 0.2) is 0 Å². The Labute approximate surface area is 116 Å². The fourth-order valence-electron chi connectivity index (χ4n) is 3.51. The molecular weight excluding hydrogens is 240 g/mol. The van der Waals surface area contributed by atoms with Crippen LogP contribution in [0.4, 0.5) is 0 Å². The molecule has 19 heavy (non-hydrogen) atoms. The molecule has 0 spiro atoms. The van der Waals surface area contributed by atoms with Crippen LogP contribution < -0.4 is 11.1 Å². The van der Waals surface area contributed by atoms with Gasteiger partial charge in [-0.05, 0) is 43.4 Å². The Hall–Kier alpha value is -0.610. The highest BCUT2D eigenvalue weighted by Gasteiger charge is 2.48. The van der Waals surface area contributed by atoms with Crippen molar-refractivity contribution in [2.45, 2.75) is 45.6 Å². The number of rotatable bonds is 7. The summed E-state index contributed by atoms with van der Waals surface area (Å²) in [5, 5.41) is 2.98. The topological polar surface area (TPSA) is 64.3 Å². The Kier molecular flexibility index (Phi) is 5.22. The van der Waals surface area contributed by atoms with E-state index >= 15 is 0 Å². The molecule has 4 atom stereocenters. The summed E-state index contributed by atoms with van der Waals surface area (Å²) in [6.07, 6.45) is 4.63. The van der Waals surface area contributed by atoms with Gasteiger partial charge in [-0.2, -0.15) is 0 Å². The van der Waals surface area contributed by atoms with Gasteiger partial charge in [0, 0.05) is 19.2 Å². The van der Waals surface area contributed by atoms with E-state index in [0.29, 0.717) is 30.9 Å². The van der Waals surface area contributed by atoms with Crippen LogP contribution in [0.1, 0.15) is 39.5 Å². The van der Waals surface area contributed by atoms with Crippen molar-refractivity contribution < 1.29 is 9.53 Å². The van der Waals surface area contributed by atoms with Crippen molar-refractivity contribution in [2.24, 2.45) is 29.4 Å². The molecule has 0 heterocycles. The zero-order chi connectivity index (χ0) is 13.8. The van der Waals surface area contributed by atoms with Crippen molar-refractivity contribution in [2.75, 3.05) is 19.8 Å². The summed E-state index contributed by atoms with van der Waals surface area (Å²) in [6, 6.07) is 0.0839. The molecule has 2 aliphatic rings. The van der Waals surface area contributed by atoms with Crippen LogP contribution in [0, 0.1) is 23.7 Å². The number of nitrogens with one attached hydrogen (secondary N) is 1.